The van der Waals surface area contributed by atoms with Crippen molar-refractivity contribution < 1.29 is 5.11 Å². The van der Waals surface area contributed by atoms with Gasteiger partial charge in [0.2, 0.25) is 0 Å². The Hall–Kier alpha value is 0.1000. The summed E-state index contributed by atoms with van der Waals surface area (Å²) >= 11 is 5.23. The van der Waals surface area contributed by atoms with Gasteiger partial charge in [0.1, 0.15) is 0 Å². The minimum atomic E-state index is 0.304. The van der Waals surface area contributed by atoms with Gasteiger partial charge in [-0.1, -0.05) is 0 Å². The smallest absolute Gasteiger partial charge is 0.0701 e. The number of halogens is 1. The molecule has 14 heavy (non-hydrogen) atoms. The zero-order valence-electron chi connectivity index (χ0n) is 8.37. The van der Waals surface area contributed by atoms with Crippen molar-refractivity contribution in [2.24, 2.45) is 0 Å². The molecule has 0 spiro atoms. The van der Waals surface area contributed by atoms with Gasteiger partial charge in [-0.2, -0.15) is 0 Å². The van der Waals surface area contributed by atoms with E-state index in [2.05, 4.69) is 40.0 Å². The highest BCUT2D eigenvalue weighted by Gasteiger charge is 2.02. The van der Waals surface area contributed by atoms with Crippen molar-refractivity contribution in [2.75, 3.05) is 20.2 Å². The Morgan fingerprint density at radius 1 is 1.43 bits per heavy atom. The molecular formula is C10H16BrNOS. The van der Waals surface area contributed by atoms with Crippen LogP contribution in [0.25, 0.3) is 0 Å². The van der Waals surface area contributed by atoms with E-state index in [0.29, 0.717) is 6.61 Å². The number of unbranched alkanes of at least 4 members (excludes halogenated alkanes) is 1. The molecule has 80 valence electrons. The SMILES string of the molecule is CN(CCCCO)Cc1ccc(Br)s1. The highest BCUT2D eigenvalue weighted by Crippen LogP contribution is 2.22. The largest absolute Gasteiger partial charge is 0.396 e. The second-order valence-corrected chi connectivity index (χ2v) is 5.92. The summed E-state index contributed by atoms with van der Waals surface area (Å²) in [6.07, 6.45) is 1.97. The Morgan fingerprint density at radius 2 is 2.21 bits per heavy atom. The molecule has 0 aliphatic rings. The maximum absolute atomic E-state index is 8.65. The fourth-order valence-corrected chi connectivity index (χ4v) is 2.84. The lowest BCUT2D eigenvalue weighted by Gasteiger charge is -2.14. The molecule has 1 heterocycles. The monoisotopic (exact) mass is 277 g/mol. The van der Waals surface area contributed by atoms with Crippen LogP contribution in [0.5, 0.6) is 0 Å². The lowest BCUT2D eigenvalue weighted by Crippen LogP contribution is -2.18. The Balaban J connectivity index is 2.23. The molecule has 1 N–H and O–H groups in total. The third-order valence-corrected chi connectivity index (χ3v) is 3.61. The minimum Gasteiger partial charge on any atom is -0.396 e. The second kappa shape index (κ2) is 6.56. The summed E-state index contributed by atoms with van der Waals surface area (Å²) in [5, 5.41) is 8.65. The molecule has 0 aliphatic carbocycles. The third-order valence-electron chi connectivity index (χ3n) is 2.00. The van der Waals surface area contributed by atoms with Crippen molar-refractivity contribution in [3.63, 3.8) is 0 Å². The van der Waals surface area contributed by atoms with Crippen LogP contribution in [0.2, 0.25) is 0 Å². The van der Waals surface area contributed by atoms with Crippen LogP contribution in [0.4, 0.5) is 0 Å². The van der Waals surface area contributed by atoms with E-state index in [1.54, 1.807) is 11.3 Å². The van der Waals surface area contributed by atoms with Crippen molar-refractivity contribution in [3.05, 3.63) is 20.8 Å². The normalized spacial score (nSPS) is 11.1. The lowest BCUT2D eigenvalue weighted by molar-refractivity contribution is 0.262. The Labute approximate surface area is 97.7 Å². The summed E-state index contributed by atoms with van der Waals surface area (Å²) in [7, 11) is 2.12. The van der Waals surface area contributed by atoms with E-state index in [9.17, 15) is 0 Å². The van der Waals surface area contributed by atoms with Crippen LogP contribution in [-0.2, 0) is 6.54 Å². The minimum absolute atomic E-state index is 0.304. The number of nitrogens with zero attached hydrogens (tertiary/aromatic N) is 1. The molecule has 0 saturated heterocycles. The average molecular weight is 278 g/mol. The molecule has 0 bridgehead atoms. The van der Waals surface area contributed by atoms with Gasteiger partial charge in [-0.25, -0.2) is 0 Å². The fraction of sp³-hybridized carbons (Fsp3) is 0.600. The first-order valence-corrected chi connectivity index (χ1v) is 6.37. The van der Waals surface area contributed by atoms with Gasteiger partial charge >= 0.3 is 0 Å². The predicted octanol–water partition coefficient (Wildman–Crippen LogP) is 2.71. The molecule has 0 amide bonds. The van der Waals surface area contributed by atoms with Crippen LogP contribution in [0.3, 0.4) is 0 Å². The van der Waals surface area contributed by atoms with Gasteiger partial charge in [-0.15, -0.1) is 11.3 Å². The summed E-state index contributed by atoms with van der Waals surface area (Å²) in [6.45, 7) is 2.36. The van der Waals surface area contributed by atoms with Gasteiger partial charge in [0.05, 0.1) is 3.79 Å². The quantitative estimate of drug-likeness (QED) is 0.809. The summed E-state index contributed by atoms with van der Waals surface area (Å²) in [5.41, 5.74) is 0. The molecule has 1 aromatic heterocycles. The molecule has 1 rings (SSSR count). The molecule has 0 unspecified atom stereocenters. The molecule has 0 radical (unpaired) electrons. The third kappa shape index (κ3) is 4.55. The first-order chi connectivity index (χ1) is 6.72. The summed E-state index contributed by atoms with van der Waals surface area (Å²) in [5.74, 6) is 0. The maximum atomic E-state index is 8.65. The number of aliphatic hydroxyl groups excluding tert-OH is 1. The Bertz CT molecular complexity index is 264. The van der Waals surface area contributed by atoms with E-state index >= 15 is 0 Å². The zero-order valence-corrected chi connectivity index (χ0v) is 10.8. The van der Waals surface area contributed by atoms with Gasteiger partial charge in [-0.3, -0.25) is 0 Å². The molecule has 4 heteroatoms. The van der Waals surface area contributed by atoms with Crippen molar-refractivity contribution in [1.82, 2.24) is 4.90 Å². The highest BCUT2D eigenvalue weighted by molar-refractivity contribution is 9.11. The van der Waals surface area contributed by atoms with Gasteiger partial charge < -0.3 is 10.0 Å². The first-order valence-electron chi connectivity index (χ1n) is 4.76. The fourth-order valence-electron chi connectivity index (χ4n) is 1.28. The van der Waals surface area contributed by atoms with E-state index in [1.165, 1.54) is 8.66 Å². The molecule has 0 atom stereocenters. The second-order valence-electron chi connectivity index (χ2n) is 3.37. The number of hydrogen-bond acceptors (Lipinski definition) is 3. The van der Waals surface area contributed by atoms with Crippen LogP contribution in [0.15, 0.2) is 15.9 Å². The van der Waals surface area contributed by atoms with E-state index in [1.807, 2.05) is 0 Å². The van der Waals surface area contributed by atoms with Crippen molar-refractivity contribution in [3.8, 4) is 0 Å². The zero-order chi connectivity index (χ0) is 10.4. The Kier molecular flexibility index (Phi) is 5.70. The van der Waals surface area contributed by atoms with Gasteiger partial charge in [0.25, 0.3) is 0 Å². The first kappa shape index (κ1) is 12.2. The highest BCUT2D eigenvalue weighted by atomic mass is 79.9. The standard InChI is InChI=1S/C10H16BrNOS/c1-12(6-2-3-7-13)8-9-4-5-10(11)14-9/h4-5,13H,2-3,6-8H2,1H3. The number of thiophene rings is 1. The van der Waals surface area contributed by atoms with Gasteiger partial charge in [0, 0.05) is 18.0 Å². The molecule has 0 aliphatic heterocycles. The molecule has 1 aromatic rings. The molecule has 0 fully saturated rings. The molecular weight excluding hydrogens is 262 g/mol. The summed E-state index contributed by atoms with van der Waals surface area (Å²) in [6, 6.07) is 4.23. The van der Waals surface area contributed by atoms with Crippen LogP contribution >= 0.6 is 27.3 Å². The number of hydrogen-bond donors (Lipinski definition) is 1. The Morgan fingerprint density at radius 3 is 2.79 bits per heavy atom. The van der Waals surface area contributed by atoms with Crippen molar-refractivity contribution >= 4 is 27.3 Å². The predicted molar refractivity (Wildman–Crippen MR) is 64.7 cm³/mol. The van der Waals surface area contributed by atoms with Crippen LogP contribution < -0.4 is 0 Å². The van der Waals surface area contributed by atoms with Crippen LogP contribution in [0.1, 0.15) is 17.7 Å². The average Bonchev–Trinajstić information content (AvgIpc) is 2.52. The van der Waals surface area contributed by atoms with E-state index in [-0.39, 0.29) is 0 Å². The van der Waals surface area contributed by atoms with E-state index < -0.39 is 0 Å². The van der Waals surface area contributed by atoms with Crippen molar-refractivity contribution in [2.45, 2.75) is 19.4 Å². The number of rotatable bonds is 6. The summed E-state index contributed by atoms with van der Waals surface area (Å²) in [4.78, 5) is 3.66. The van der Waals surface area contributed by atoms with Crippen LogP contribution in [0, 0.1) is 0 Å². The van der Waals surface area contributed by atoms with E-state index in [4.69, 9.17) is 5.11 Å². The number of aliphatic hydroxyl groups is 1. The van der Waals surface area contributed by atoms with Gasteiger partial charge in [0.15, 0.2) is 0 Å². The topological polar surface area (TPSA) is 23.5 Å². The van der Waals surface area contributed by atoms with E-state index in [0.717, 1.165) is 25.9 Å². The van der Waals surface area contributed by atoms with Gasteiger partial charge in [-0.05, 0) is 54.5 Å². The summed E-state index contributed by atoms with van der Waals surface area (Å²) < 4.78 is 1.19. The maximum Gasteiger partial charge on any atom is 0.0701 e. The molecule has 2 nitrogen and oxygen atoms in total. The molecule has 0 saturated carbocycles. The molecule has 0 aromatic carbocycles. The van der Waals surface area contributed by atoms with Crippen molar-refractivity contribution in [1.29, 1.82) is 0 Å². The lowest BCUT2D eigenvalue weighted by atomic mass is 10.3. The van der Waals surface area contributed by atoms with Crippen LogP contribution in [-0.4, -0.2) is 30.2 Å².